The molecule has 0 amide bonds. The summed E-state index contributed by atoms with van der Waals surface area (Å²) in [6.07, 6.45) is 1.04. The summed E-state index contributed by atoms with van der Waals surface area (Å²) in [5.74, 6) is -2.52. The summed E-state index contributed by atoms with van der Waals surface area (Å²) in [5, 5.41) is 4.93. The first kappa shape index (κ1) is 26.1. The lowest BCUT2D eigenvalue weighted by Crippen LogP contribution is -2.44. The normalized spacial score (nSPS) is 18.6. The zero-order chi connectivity index (χ0) is 29.0. The molecule has 2 saturated heterocycles. The van der Waals surface area contributed by atoms with Crippen LogP contribution in [0.5, 0.6) is 5.75 Å². The molecule has 0 N–H and O–H groups in total. The van der Waals surface area contributed by atoms with Gasteiger partial charge in [-0.1, -0.05) is 24.3 Å². The van der Waals surface area contributed by atoms with E-state index in [1.807, 2.05) is 6.07 Å². The number of pyridine rings is 1. The maximum atomic E-state index is 12.9. The molecule has 2 atom stereocenters. The maximum Gasteiger partial charge on any atom is 0.491 e. The van der Waals surface area contributed by atoms with Crippen molar-refractivity contribution in [2.45, 2.75) is 24.7 Å². The molecule has 0 unspecified atom stereocenters. The second-order valence-electron chi connectivity index (χ2n) is 10.6. The summed E-state index contributed by atoms with van der Waals surface area (Å²) in [6, 6.07) is 21.0. The molecule has 42 heavy (non-hydrogen) atoms. The Balaban J connectivity index is 1.31. The molecular formula is C31H25F3N6O2. The van der Waals surface area contributed by atoms with Gasteiger partial charge >= 0.3 is 12.1 Å². The van der Waals surface area contributed by atoms with Crippen LogP contribution in [0.3, 0.4) is 0 Å². The highest BCUT2D eigenvalue weighted by Crippen LogP contribution is 2.38. The number of likely N-dealkylation sites (tertiary alicyclic amines) is 1. The number of halogens is 3. The summed E-state index contributed by atoms with van der Waals surface area (Å²) < 4.78 is 45.0. The molecule has 3 aromatic heterocycles. The van der Waals surface area contributed by atoms with Crippen LogP contribution in [-0.2, 0) is 4.79 Å². The monoisotopic (exact) mass is 570 g/mol. The molecule has 0 saturated carbocycles. The Kier molecular flexibility index (Phi) is 6.19. The highest BCUT2D eigenvalue weighted by molar-refractivity contribution is 5.92. The Hall–Kier alpha value is -4.77. The fraction of sp³-hybridized carbons (Fsp3) is 0.226. The van der Waals surface area contributed by atoms with Gasteiger partial charge < -0.3 is 9.64 Å². The predicted octanol–water partition coefficient (Wildman–Crippen LogP) is 5.49. The molecule has 2 bridgehead atoms. The Bertz CT molecular complexity index is 1790. The van der Waals surface area contributed by atoms with E-state index >= 15 is 0 Å². The van der Waals surface area contributed by atoms with Crippen LogP contribution in [0.1, 0.15) is 6.42 Å². The van der Waals surface area contributed by atoms with Crippen LogP contribution in [-0.4, -0.2) is 68.8 Å². The van der Waals surface area contributed by atoms with Crippen LogP contribution in [0.2, 0.25) is 0 Å². The average Bonchev–Trinajstić information content (AvgIpc) is 3.69. The first-order valence-electron chi connectivity index (χ1n) is 13.5. The van der Waals surface area contributed by atoms with E-state index in [2.05, 4.69) is 55.8 Å². The number of carbonyl (C=O) groups is 1. The number of esters is 1. The van der Waals surface area contributed by atoms with Crippen molar-refractivity contribution >= 4 is 17.3 Å². The average molecular weight is 571 g/mol. The van der Waals surface area contributed by atoms with Gasteiger partial charge in [0.2, 0.25) is 0 Å². The van der Waals surface area contributed by atoms with Gasteiger partial charge in [-0.2, -0.15) is 18.3 Å². The Morgan fingerprint density at radius 2 is 1.69 bits per heavy atom. The van der Waals surface area contributed by atoms with E-state index in [9.17, 15) is 18.0 Å². The van der Waals surface area contributed by atoms with Gasteiger partial charge in [-0.3, -0.25) is 9.88 Å². The highest BCUT2D eigenvalue weighted by Gasteiger charge is 2.42. The van der Waals surface area contributed by atoms with Gasteiger partial charge in [0, 0.05) is 60.6 Å². The molecule has 0 aliphatic carbocycles. The molecule has 2 aromatic carbocycles. The van der Waals surface area contributed by atoms with Gasteiger partial charge in [0.1, 0.15) is 11.4 Å². The van der Waals surface area contributed by atoms with Crippen LogP contribution in [0.15, 0.2) is 85.3 Å². The standard InChI is InChI=1S/C31H25F3N6O2/c1-38-17-24-16-23(38)18-39(24)22-7-5-19(6-8-22)26-11-14-36-29-27(28(37-40(26)29)20-9-12-35-13-10-20)21-3-2-4-25(15-21)42-30(41)31(32,33)34/h2-15,23-24H,16-18H2,1H3/t23-,24-/m0/s1. The van der Waals surface area contributed by atoms with Crippen molar-refractivity contribution in [1.82, 2.24) is 24.5 Å². The zero-order valence-corrected chi connectivity index (χ0v) is 22.5. The molecular weight excluding hydrogens is 545 g/mol. The second-order valence-corrected chi connectivity index (χ2v) is 10.6. The quantitative estimate of drug-likeness (QED) is 0.205. The van der Waals surface area contributed by atoms with Crippen LogP contribution in [0.4, 0.5) is 18.9 Å². The van der Waals surface area contributed by atoms with E-state index < -0.39 is 12.1 Å². The zero-order valence-electron chi connectivity index (χ0n) is 22.5. The Morgan fingerprint density at radius 3 is 2.38 bits per heavy atom. The number of nitrogens with zero attached hydrogens (tertiary/aromatic N) is 6. The van der Waals surface area contributed by atoms with Crippen LogP contribution < -0.4 is 9.64 Å². The number of likely N-dealkylation sites (N-methyl/N-ethyl adjacent to an activating group) is 1. The SMILES string of the molecule is CN1C[C@@H]2C[C@H]1CN2c1ccc(-c2ccnc3c(-c4cccc(OC(=O)C(F)(F)F)c4)c(-c4ccncc4)nn23)cc1. The van der Waals surface area contributed by atoms with Crippen LogP contribution in [0.25, 0.3) is 39.3 Å². The van der Waals surface area contributed by atoms with E-state index in [-0.39, 0.29) is 5.75 Å². The maximum absolute atomic E-state index is 12.9. The molecule has 2 aliphatic rings. The van der Waals surface area contributed by atoms with Crippen molar-refractivity contribution < 1.29 is 22.7 Å². The number of aromatic nitrogens is 4. The van der Waals surface area contributed by atoms with E-state index in [4.69, 9.17) is 5.10 Å². The number of alkyl halides is 3. The van der Waals surface area contributed by atoms with E-state index in [0.29, 0.717) is 34.6 Å². The van der Waals surface area contributed by atoms with Crippen molar-refractivity contribution in [2.24, 2.45) is 0 Å². The van der Waals surface area contributed by atoms with Gasteiger partial charge in [0.25, 0.3) is 0 Å². The number of rotatable bonds is 5. The number of ether oxygens (including phenoxy) is 1. The smallest absolute Gasteiger partial charge is 0.420 e. The Morgan fingerprint density at radius 1 is 0.905 bits per heavy atom. The third-order valence-corrected chi connectivity index (χ3v) is 8.05. The molecule has 5 aromatic rings. The van der Waals surface area contributed by atoms with E-state index in [0.717, 1.165) is 29.9 Å². The van der Waals surface area contributed by atoms with Gasteiger partial charge in [-0.15, -0.1) is 0 Å². The highest BCUT2D eigenvalue weighted by atomic mass is 19.4. The third kappa shape index (κ3) is 4.55. The Labute approximate surface area is 239 Å². The number of hydrogen-bond acceptors (Lipinski definition) is 7. The first-order valence-corrected chi connectivity index (χ1v) is 13.5. The second kappa shape index (κ2) is 9.95. The van der Waals surface area contributed by atoms with Crippen molar-refractivity contribution in [3.63, 3.8) is 0 Å². The minimum absolute atomic E-state index is 0.233. The number of piperazine rings is 1. The fourth-order valence-corrected chi connectivity index (χ4v) is 6.03. The van der Waals surface area contributed by atoms with Crippen LogP contribution in [0, 0.1) is 0 Å². The van der Waals surface area contributed by atoms with Crippen LogP contribution >= 0.6 is 0 Å². The van der Waals surface area contributed by atoms with Crippen molar-refractivity contribution in [3.05, 3.63) is 85.3 Å². The van der Waals surface area contributed by atoms with Gasteiger partial charge in [0.15, 0.2) is 5.65 Å². The molecule has 11 heteroatoms. The number of hydrogen-bond donors (Lipinski definition) is 0. The lowest BCUT2D eigenvalue weighted by atomic mass is 10.0. The van der Waals surface area contributed by atoms with Gasteiger partial charge in [0.05, 0.1) is 11.3 Å². The third-order valence-electron chi connectivity index (χ3n) is 8.05. The van der Waals surface area contributed by atoms with E-state index in [1.54, 1.807) is 41.3 Å². The molecule has 2 aliphatic heterocycles. The van der Waals surface area contributed by atoms with E-state index in [1.165, 1.54) is 30.3 Å². The van der Waals surface area contributed by atoms with Crippen molar-refractivity contribution in [2.75, 3.05) is 25.0 Å². The van der Waals surface area contributed by atoms with Crippen molar-refractivity contribution in [3.8, 4) is 39.4 Å². The molecule has 212 valence electrons. The summed E-state index contributed by atoms with van der Waals surface area (Å²) in [5.41, 5.74) is 5.83. The number of anilines is 1. The first-order chi connectivity index (χ1) is 20.3. The molecule has 7 rings (SSSR count). The minimum Gasteiger partial charge on any atom is -0.420 e. The van der Waals surface area contributed by atoms with Crippen molar-refractivity contribution in [1.29, 1.82) is 0 Å². The summed E-state index contributed by atoms with van der Waals surface area (Å²) in [6.45, 7) is 2.09. The predicted molar refractivity (Wildman–Crippen MR) is 151 cm³/mol. The molecule has 0 radical (unpaired) electrons. The number of fused-ring (bicyclic) bond motifs is 3. The van der Waals surface area contributed by atoms with Gasteiger partial charge in [-0.25, -0.2) is 14.3 Å². The topological polar surface area (TPSA) is 75.9 Å². The summed E-state index contributed by atoms with van der Waals surface area (Å²) in [4.78, 5) is 25.1. The molecule has 5 heterocycles. The lowest BCUT2D eigenvalue weighted by molar-refractivity contribution is -0.189. The largest absolute Gasteiger partial charge is 0.491 e. The fourth-order valence-electron chi connectivity index (χ4n) is 6.03. The summed E-state index contributed by atoms with van der Waals surface area (Å²) >= 11 is 0. The number of benzene rings is 2. The minimum atomic E-state index is -5.11. The summed E-state index contributed by atoms with van der Waals surface area (Å²) in [7, 11) is 2.18. The number of carbonyl (C=O) groups excluding carboxylic acids is 1. The lowest BCUT2D eigenvalue weighted by Gasteiger charge is -2.33. The molecule has 8 nitrogen and oxygen atoms in total. The van der Waals surface area contributed by atoms with Gasteiger partial charge in [-0.05, 0) is 61.5 Å². The molecule has 0 spiro atoms. The molecule has 2 fully saturated rings.